The van der Waals surface area contributed by atoms with Gasteiger partial charge in [0, 0.05) is 51.5 Å². The van der Waals surface area contributed by atoms with E-state index in [0.29, 0.717) is 25.7 Å². The first kappa shape index (κ1) is 17.0. The van der Waals surface area contributed by atoms with Crippen LogP contribution >= 0.6 is 0 Å². The molecular formula is C18H28N4O2. The van der Waals surface area contributed by atoms with Crippen LogP contribution in [0.3, 0.4) is 0 Å². The first-order valence-electron chi connectivity index (χ1n) is 8.74. The molecule has 0 radical (unpaired) electrons. The molecule has 0 bridgehead atoms. The Morgan fingerprint density at radius 1 is 1.04 bits per heavy atom. The first-order chi connectivity index (χ1) is 11.6. The van der Waals surface area contributed by atoms with Crippen LogP contribution in [0.5, 0.6) is 0 Å². The van der Waals surface area contributed by atoms with Gasteiger partial charge < -0.3 is 19.4 Å². The van der Waals surface area contributed by atoms with E-state index in [1.54, 1.807) is 0 Å². The van der Waals surface area contributed by atoms with E-state index in [9.17, 15) is 4.79 Å². The van der Waals surface area contributed by atoms with Gasteiger partial charge in [0.15, 0.2) is 0 Å². The molecule has 0 N–H and O–H groups in total. The third-order valence-electron chi connectivity index (χ3n) is 5.04. The molecule has 0 spiro atoms. The van der Waals surface area contributed by atoms with Crippen molar-refractivity contribution in [1.29, 1.82) is 0 Å². The van der Waals surface area contributed by atoms with Gasteiger partial charge in [-0.3, -0.25) is 4.90 Å². The molecule has 2 fully saturated rings. The van der Waals surface area contributed by atoms with Crippen LogP contribution in [0.1, 0.15) is 0 Å². The molecule has 132 valence electrons. The molecule has 6 nitrogen and oxygen atoms in total. The molecule has 0 aliphatic carbocycles. The van der Waals surface area contributed by atoms with Crippen LogP contribution in [-0.4, -0.2) is 93.4 Å². The molecule has 6 heteroatoms. The summed E-state index contributed by atoms with van der Waals surface area (Å²) in [6, 6.07) is 10.6. The van der Waals surface area contributed by atoms with Gasteiger partial charge in [-0.2, -0.15) is 0 Å². The molecular weight excluding hydrogens is 304 g/mol. The molecule has 2 aliphatic heterocycles. The highest BCUT2D eigenvalue weighted by molar-refractivity contribution is 5.68. The lowest BCUT2D eigenvalue weighted by molar-refractivity contribution is 0.0396. The van der Waals surface area contributed by atoms with Crippen molar-refractivity contribution >= 4 is 11.8 Å². The number of amides is 1. The summed E-state index contributed by atoms with van der Waals surface area (Å²) in [6.45, 7) is 6.65. The van der Waals surface area contributed by atoms with Crippen molar-refractivity contribution in [2.24, 2.45) is 0 Å². The Morgan fingerprint density at radius 3 is 2.46 bits per heavy atom. The maximum absolute atomic E-state index is 12.3. The zero-order chi connectivity index (χ0) is 16.9. The number of carbonyl (C=O) groups excluding carboxylic acids is 1. The van der Waals surface area contributed by atoms with E-state index in [0.717, 1.165) is 32.7 Å². The number of benzene rings is 1. The highest BCUT2D eigenvalue weighted by Gasteiger charge is 2.26. The minimum absolute atomic E-state index is 0.177. The minimum Gasteiger partial charge on any atom is -0.448 e. The summed E-state index contributed by atoms with van der Waals surface area (Å²) < 4.78 is 5.58. The molecule has 1 atom stereocenters. The monoisotopic (exact) mass is 332 g/mol. The molecule has 2 heterocycles. The molecule has 1 aromatic rings. The largest absolute Gasteiger partial charge is 0.448 e. The SMILES string of the molecule is CN1CCN(C)[C@H](COC(=O)N2CCN(c3ccccc3)CC2)C1. The number of para-hydroxylation sites is 1. The Bertz CT molecular complexity index is 531. The molecule has 0 saturated carbocycles. The fourth-order valence-corrected chi connectivity index (χ4v) is 3.33. The number of likely N-dealkylation sites (N-methyl/N-ethyl adjacent to an activating group) is 2. The van der Waals surface area contributed by atoms with Crippen molar-refractivity contribution in [2.75, 3.05) is 71.4 Å². The maximum atomic E-state index is 12.3. The summed E-state index contributed by atoms with van der Waals surface area (Å²) in [5.41, 5.74) is 1.22. The Labute approximate surface area is 144 Å². The van der Waals surface area contributed by atoms with E-state index in [-0.39, 0.29) is 6.09 Å². The van der Waals surface area contributed by atoms with Crippen molar-refractivity contribution in [3.05, 3.63) is 30.3 Å². The summed E-state index contributed by atoms with van der Waals surface area (Å²) >= 11 is 0. The number of hydrogen-bond acceptors (Lipinski definition) is 5. The van der Waals surface area contributed by atoms with Gasteiger partial charge in [0.2, 0.25) is 0 Å². The van der Waals surface area contributed by atoms with Crippen molar-refractivity contribution in [3.63, 3.8) is 0 Å². The van der Waals surface area contributed by atoms with Crippen LogP contribution in [0.2, 0.25) is 0 Å². The topological polar surface area (TPSA) is 39.3 Å². The highest BCUT2D eigenvalue weighted by atomic mass is 16.6. The molecule has 0 unspecified atom stereocenters. The molecule has 2 saturated heterocycles. The smallest absolute Gasteiger partial charge is 0.409 e. The van der Waals surface area contributed by atoms with Gasteiger partial charge in [0.25, 0.3) is 0 Å². The zero-order valence-corrected chi connectivity index (χ0v) is 14.7. The van der Waals surface area contributed by atoms with Gasteiger partial charge in [0.1, 0.15) is 6.61 Å². The van der Waals surface area contributed by atoms with E-state index < -0.39 is 0 Å². The number of ether oxygens (including phenoxy) is 1. The number of carbonyl (C=O) groups is 1. The summed E-state index contributed by atoms with van der Waals surface area (Å²) in [7, 11) is 4.22. The number of hydrogen-bond donors (Lipinski definition) is 0. The van der Waals surface area contributed by atoms with Crippen LogP contribution in [0.15, 0.2) is 30.3 Å². The van der Waals surface area contributed by atoms with Crippen LogP contribution in [0.25, 0.3) is 0 Å². The first-order valence-corrected chi connectivity index (χ1v) is 8.74. The van der Waals surface area contributed by atoms with Crippen LogP contribution in [0, 0.1) is 0 Å². The lowest BCUT2D eigenvalue weighted by atomic mass is 10.2. The number of anilines is 1. The van der Waals surface area contributed by atoms with Crippen molar-refractivity contribution in [3.8, 4) is 0 Å². The van der Waals surface area contributed by atoms with Crippen LogP contribution < -0.4 is 4.90 Å². The Kier molecular flexibility index (Phi) is 5.58. The standard InChI is InChI=1S/C18H28N4O2/c1-19-8-9-20(2)17(14-19)15-24-18(23)22-12-10-21(11-13-22)16-6-4-3-5-7-16/h3-7,17H,8-15H2,1-2H3/t17-/m0/s1. The predicted molar refractivity (Wildman–Crippen MR) is 95.5 cm³/mol. The van der Waals surface area contributed by atoms with Gasteiger partial charge in [-0.25, -0.2) is 4.79 Å². The number of piperazine rings is 2. The lowest BCUT2D eigenvalue weighted by Crippen LogP contribution is -2.53. The van der Waals surface area contributed by atoms with Gasteiger partial charge in [-0.15, -0.1) is 0 Å². The maximum Gasteiger partial charge on any atom is 0.409 e. The van der Waals surface area contributed by atoms with Crippen molar-refractivity contribution in [1.82, 2.24) is 14.7 Å². The Morgan fingerprint density at radius 2 is 1.75 bits per heavy atom. The average Bonchev–Trinajstić information content (AvgIpc) is 2.63. The van der Waals surface area contributed by atoms with Crippen LogP contribution in [-0.2, 0) is 4.74 Å². The molecule has 0 aromatic heterocycles. The van der Waals surface area contributed by atoms with E-state index in [4.69, 9.17) is 4.74 Å². The summed E-state index contributed by atoms with van der Waals surface area (Å²) in [5.74, 6) is 0. The Balaban J connectivity index is 1.44. The molecule has 3 rings (SSSR count). The third-order valence-corrected chi connectivity index (χ3v) is 5.04. The molecule has 24 heavy (non-hydrogen) atoms. The zero-order valence-electron chi connectivity index (χ0n) is 14.7. The molecule has 1 amide bonds. The number of rotatable bonds is 3. The fourth-order valence-electron chi connectivity index (χ4n) is 3.33. The van der Waals surface area contributed by atoms with Crippen molar-refractivity contribution < 1.29 is 9.53 Å². The average molecular weight is 332 g/mol. The quantitative estimate of drug-likeness (QED) is 0.831. The fraction of sp³-hybridized carbons (Fsp3) is 0.611. The van der Waals surface area contributed by atoms with E-state index in [2.05, 4.69) is 40.9 Å². The predicted octanol–water partition coefficient (Wildman–Crippen LogP) is 1.19. The second kappa shape index (κ2) is 7.85. The second-order valence-electron chi connectivity index (χ2n) is 6.78. The second-order valence-corrected chi connectivity index (χ2v) is 6.78. The third kappa shape index (κ3) is 4.19. The van der Waals surface area contributed by atoms with E-state index in [1.165, 1.54) is 5.69 Å². The lowest BCUT2D eigenvalue weighted by Gasteiger charge is -2.38. The summed E-state index contributed by atoms with van der Waals surface area (Å²) in [6.07, 6.45) is -0.177. The van der Waals surface area contributed by atoms with Crippen LogP contribution in [0.4, 0.5) is 10.5 Å². The van der Waals surface area contributed by atoms with Gasteiger partial charge in [-0.1, -0.05) is 18.2 Å². The van der Waals surface area contributed by atoms with Gasteiger partial charge in [0.05, 0.1) is 6.04 Å². The Hall–Kier alpha value is -1.79. The highest BCUT2D eigenvalue weighted by Crippen LogP contribution is 2.16. The van der Waals surface area contributed by atoms with E-state index >= 15 is 0 Å². The van der Waals surface area contributed by atoms with Crippen molar-refractivity contribution in [2.45, 2.75) is 6.04 Å². The number of nitrogens with zero attached hydrogens (tertiary/aromatic N) is 4. The summed E-state index contributed by atoms with van der Waals surface area (Å²) in [4.78, 5) is 21.0. The van der Waals surface area contributed by atoms with Gasteiger partial charge in [-0.05, 0) is 26.2 Å². The van der Waals surface area contributed by atoms with E-state index in [1.807, 2.05) is 23.1 Å². The summed E-state index contributed by atoms with van der Waals surface area (Å²) in [5, 5.41) is 0. The normalized spacial score (nSPS) is 23.3. The molecule has 2 aliphatic rings. The van der Waals surface area contributed by atoms with Gasteiger partial charge >= 0.3 is 6.09 Å². The minimum atomic E-state index is -0.177. The molecule has 1 aromatic carbocycles.